The summed E-state index contributed by atoms with van der Waals surface area (Å²) in [5.74, 6) is 0.280. The largest absolute Gasteiger partial charge is 0.487 e. The number of benzene rings is 2. The lowest BCUT2D eigenvalue weighted by atomic mass is 10.2. The molecule has 3 rings (SSSR count). The van der Waals surface area contributed by atoms with Gasteiger partial charge in [0.1, 0.15) is 18.1 Å². The lowest BCUT2D eigenvalue weighted by Crippen LogP contribution is -2.12. The van der Waals surface area contributed by atoms with Gasteiger partial charge in [0.2, 0.25) is 5.91 Å². The van der Waals surface area contributed by atoms with Crippen molar-refractivity contribution in [3.8, 4) is 5.75 Å². The third-order valence-corrected chi connectivity index (χ3v) is 4.36. The number of anilines is 2. The first-order valence-electron chi connectivity index (χ1n) is 8.21. The van der Waals surface area contributed by atoms with Crippen molar-refractivity contribution >= 4 is 34.9 Å². The van der Waals surface area contributed by atoms with Gasteiger partial charge in [-0.15, -0.1) is 0 Å². The summed E-state index contributed by atoms with van der Waals surface area (Å²) in [5.41, 5.74) is 3.50. The number of rotatable bonds is 6. The molecule has 27 heavy (non-hydrogen) atoms. The van der Waals surface area contributed by atoms with Gasteiger partial charge in [0.05, 0.1) is 17.4 Å². The summed E-state index contributed by atoms with van der Waals surface area (Å²) in [7, 11) is 0. The monoisotopic (exact) mass is 382 g/mol. The van der Waals surface area contributed by atoms with E-state index in [1.54, 1.807) is 48.5 Å². The molecule has 0 saturated carbocycles. The van der Waals surface area contributed by atoms with E-state index in [1.807, 2.05) is 6.92 Å². The van der Waals surface area contributed by atoms with Gasteiger partial charge < -0.3 is 15.4 Å². The third kappa shape index (κ3) is 5.11. The number of aryl methyl sites for hydroxylation is 1. The molecule has 0 bridgehead atoms. The number of nitrogens with zero attached hydrogens (tertiary/aromatic N) is 2. The first-order chi connectivity index (χ1) is 13.0. The maximum absolute atomic E-state index is 12.3. The van der Waals surface area contributed by atoms with Gasteiger partial charge in [-0.1, -0.05) is 0 Å². The Morgan fingerprint density at radius 2 is 1.59 bits per heavy atom. The van der Waals surface area contributed by atoms with Crippen molar-refractivity contribution in [3.63, 3.8) is 0 Å². The molecule has 1 heterocycles. The molecular weight excluding hydrogens is 364 g/mol. The molecule has 0 atom stereocenters. The fourth-order valence-electron chi connectivity index (χ4n) is 2.28. The maximum atomic E-state index is 12.3. The minimum atomic E-state index is -0.228. The average Bonchev–Trinajstić information content (AvgIpc) is 3.06. The Labute approximate surface area is 160 Å². The van der Waals surface area contributed by atoms with Gasteiger partial charge in [-0.25, -0.2) is 0 Å². The van der Waals surface area contributed by atoms with Crippen LogP contribution in [0.2, 0.25) is 0 Å². The predicted octanol–water partition coefficient (Wildman–Crippen LogP) is 3.64. The predicted molar refractivity (Wildman–Crippen MR) is 104 cm³/mol. The van der Waals surface area contributed by atoms with Crippen molar-refractivity contribution in [3.05, 3.63) is 65.5 Å². The van der Waals surface area contributed by atoms with E-state index in [4.69, 9.17) is 4.74 Å². The van der Waals surface area contributed by atoms with E-state index in [0.717, 1.165) is 23.1 Å². The van der Waals surface area contributed by atoms with E-state index in [1.165, 1.54) is 6.92 Å². The van der Waals surface area contributed by atoms with Gasteiger partial charge in [-0.3, -0.25) is 9.59 Å². The second kappa shape index (κ2) is 8.41. The summed E-state index contributed by atoms with van der Waals surface area (Å²) in [6.45, 7) is 3.67. The fourth-order valence-corrected chi connectivity index (χ4v) is 2.83. The van der Waals surface area contributed by atoms with Crippen molar-refractivity contribution in [2.45, 2.75) is 20.5 Å². The zero-order valence-electron chi connectivity index (χ0n) is 14.9. The topological polar surface area (TPSA) is 93.2 Å². The maximum Gasteiger partial charge on any atom is 0.255 e. The van der Waals surface area contributed by atoms with Crippen molar-refractivity contribution in [1.29, 1.82) is 0 Å². The molecule has 0 saturated heterocycles. The van der Waals surface area contributed by atoms with Gasteiger partial charge in [0.15, 0.2) is 0 Å². The molecule has 8 heteroatoms. The molecule has 3 aromatic rings. The second-order valence-electron chi connectivity index (χ2n) is 5.82. The number of ether oxygens (including phenoxy) is 1. The molecule has 0 fully saturated rings. The Hall–Kier alpha value is -3.26. The lowest BCUT2D eigenvalue weighted by Gasteiger charge is -2.08. The molecule has 138 valence electrons. The van der Waals surface area contributed by atoms with E-state index in [0.29, 0.717) is 29.3 Å². The summed E-state index contributed by atoms with van der Waals surface area (Å²) in [6, 6.07) is 13.8. The molecule has 2 amide bonds. The minimum Gasteiger partial charge on any atom is -0.487 e. The molecular formula is C19H18N4O3S. The van der Waals surface area contributed by atoms with Gasteiger partial charge >= 0.3 is 0 Å². The van der Waals surface area contributed by atoms with E-state index in [9.17, 15) is 9.59 Å². The van der Waals surface area contributed by atoms with E-state index in [-0.39, 0.29) is 11.8 Å². The van der Waals surface area contributed by atoms with Crippen LogP contribution in [0.25, 0.3) is 0 Å². The summed E-state index contributed by atoms with van der Waals surface area (Å²) in [5, 5.41) is 5.49. The standard InChI is InChI=1S/C19H18N4O3S/c1-12-18(23-27-22-12)11-26-17-9-3-14(4-10-17)19(25)21-16-7-5-15(6-8-16)20-13(2)24/h3-10H,11H2,1-2H3,(H,20,24)(H,21,25). The molecule has 2 N–H and O–H groups in total. The van der Waals surface area contributed by atoms with Gasteiger partial charge in [0.25, 0.3) is 5.91 Å². The Morgan fingerprint density at radius 3 is 2.15 bits per heavy atom. The highest BCUT2D eigenvalue weighted by atomic mass is 32.1. The number of aromatic nitrogens is 2. The Balaban J connectivity index is 1.57. The van der Waals surface area contributed by atoms with Crippen LogP contribution in [-0.2, 0) is 11.4 Å². The van der Waals surface area contributed by atoms with E-state index < -0.39 is 0 Å². The highest BCUT2D eigenvalue weighted by molar-refractivity contribution is 6.99. The molecule has 0 unspecified atom stereocenters. The fraction of sp³-hybridized carbons (Fsp3) is 0.158. The number of nitrogens with one attached hydrogen (secondary N) is 2. The lowest BCUT2D eigenvalue weighted by molar-refractivity contribution is -0.114. The Morgan fingerprint density at radius 1 is 0.963 bits per heavy atom. The Kier molecular flexibility index (Phi) is 5.77. The molecule has 0 aliphatic rings. The van der Waals surface area contributed by atoms with Gasteiger partial charge in [-0.05, 0) is 55.5 Å². The van der Waals surface area contributed by atoms with Crippen LogP contribution < -0.4 is 15.4 Å². The molecule has 0 spiro atoms. The molecule has 0 aliphatic heterocycles. The summed E-state index contributed by atoms with van der Waals surface area (Å²) in [4.78, 5) is 23.4. The van der Waals surface area contributed by atoms with Gasteiger partial charge in [0, 0.05) is 23.9 Å². The molecule has 2 aromatic carbocycles. The molecule has 7 nitrogen and oxygen atoms in total. The highest BCUT2D eigenvalue weighted by Crippen LogP contribution is 2.17. The zero-order valence-corrected chi connectivity index (χ0v) is 15.7. The molecule has 0 radical (unpaired) electrons. The summed E-state index contributed by atoms with van der Waals surface area (Å²) < 4.78 is 13.9. The number of amides is 2. The summed E-state index contributed by atoms with van der Waals surface area (Å²) >= 11 is 1.16. The quantitative estimate of drug-likeness (QED) is 0.679. The second-order valence-corrected chi connectivity index (χ2v) is 6.35. The van der Waals surface area contributed by atoms with Gasteiger partial charge in [-0.2, -0.15) is 8.75 Å². The normalized spacial score (nSPS) is 10.3. The van der Waals surface area contributed by atoms with Crippen molar-refractivity contribution < 1.29 is 14.3 Å². The minimum absolute atomic E-state index is 0.143. The highest BCUT2D eigenvalue weighted by Gasteiger charge is 2.08. The van der Waals surface area contributed by atoms with Crippen molar-refractivity contribution in [2.75, 3.05) is 10.6 Å². The smallest absolute Gasteiger partial charge is 0.255 e. The van der Waals surface area contributed by atoms with Crippen LogP contribution in [0.1, 0.15) is 28.7 Å². The number of carbonyl (C=O) groups excluding carboxylic acids is 2. The Bertz CT molecular complexity index is 936. The number of carbonyl (C=O) groups is 2. The van der Waals surface area contributed by atoms with Crippen LogP contribution in [0.15, 0.2) is 48.5 Å². The molecule has 1 aromatic heterocycles. The first-order valence-corrected chi connectivity index (χ1v) is 8.94. The number of hydrogen-bond donors (Lipinski definition) is 2. The van der Waals surface area contributed by atoms with Crippen LogP contribution in [0, 0.1) is 6.92 Å². The number of hydrogen-bond acceptors (Lipinski definition) is 6. The van der Waals surface area contributed by atoms with Crippen LogP contribution in [0.3, 0.4) is 0 Å². The SMILES string of the molecule is CC(=O)Nc1ccc(NC(=O)c2ccc(OCc3nsnc3C)cc2)cc1. The van der Waals surface area contributed by atoms with Crippen LogP contribution in [-0.4, -0.2) is 20.6 Å². The average molecular weight is 382 g/mol. The third-order valence-electron chi connectivity index (χ3n) is 3.70. The zero-order chi connectivity index (χ0) is 19.2. The molecule has 0 aliphatic carbocycles. The van der Waals surface area contributed by atoms with E-state index >= 15 is 0 Å². The van der Waals surface area contributed by atoms with E-state index in [2.05, 4.69) is 19.4 Å². The summed E-state index contributed by atoms with van der Waals surface area (Å²) in [6.07, 6.45) is 0. The first kappa shape index (κ1) is 18.5. The van der Waals surface area contributed by atoms with Crippen LogP contribution in [0.5, 0.6) is 5.75 Å². The van der Waals surface area contributed by atoms with Crippen molar-refractivity contribution in [1.82, 2.24) is 8.75 Å². The van der Waals surface area contributed by atoms with Crippen molar-refractivity contribution in [2.24, 2.45) is 0 Å². The van der Waals surface area contributed by atoms with Crippen LogP contribution >= 0.6 is 11.7 Å². The van der Waals surface area contributed by atoms with Crippen LogP contribution in [0.4, 0.5) is 11.4 Å².